The van der Waals surface area contributed by atoms with E-state index in [0.29, 0.717) is 5.56 Å². The molecule has 2 rings (SSSR count). The number of phenols is 2. The summed E-state index contributed by atoms with van der Waals surface area (Å²) in [6.45, 7) is 1.74. The van der Waals surface area contributed by atoms with E-state index >= 15 is 0 Å². The van der Waals surface area contributed by atoms with E-state index in [1.807, 2.05) is 0 Å². The smallest absolute Gasteiger partial charge is 0.257 e. The Morgan fingerprint density at radius 2 is 1.86 bits per heavy atom. The first-order chi connectivity index (χ1) is 9.91. The summed E-state index contributed by atoms with van der Waals surface area (Å²) in [6, 6.07) is 9.65. The average Bonchev–Trinajstić information content (AvgIpc) is 2.45. The second-order valence-corrected chi connectivity index (χ2v) is 4.81. The Balaban J connectivity index is 2.29. The molecule has 0 radical (unpaired) electrons. The number of halogens is 1. The van der Waals surface area contributed by atoms with E-state index in [1.165, 1.54) is 30.1 Å². The Labute approximate surface area is 122 Å². The van der Waals surface area contributed by atoms with Crippen LogP contribution >= 0.6 is 0 Å². The fourth-order valence-corrected chi connectivity index (χ4v) is 2.09. The topological polar surface area (TPSA) is 60.8 Å². The highest BCUT2D eigenvalue weighted by Crippen LogP contribution is 2.28. The van der Waals surface area contributed by atoms with Gasteiger partial charge in [-0.05, 0) is 25.1 Å². The van der Waals surface area contributed by atoms with Crippen molar-refractivity contribution in [1.29, 1.82) is 0 Å². The summed E-state index contributed by atoms with van der Waals surface area (Å²) < 4.78 is 13.7. The van der Waals surface area contributed by atoms with E-state index in [4.69, 9.17) is 0 Å². The van der Waals surface area contributed by atoms with Gasteiger partial charge in [0.05, 0.1) is 11.6 Å². The molecule has 0 fully saturated rings. The van der Waals surface area contributed by atoms with Crippen LogP contribution in [0.5, 0.6) is 11.5 Å². The van der Waals surface area contributed by atoms with Crippen LogP contribution in [0.25, 0.3) is 0 Å². The molecule has 1 unspecified atom stereocenters. The predicted molar refractivity (Wildman–Crippen MR) is 76.7 cm³/mol. The predicted octanol–water partition coefficient (Wildman–Crippen LogP) is 3.07. The Morgan fingerprint density at radius 1 is 1.19 bits per heavy atom. The van der Waals surface area contributed by atoms with Crippen LogP contribution in [0.3, 0.4) is 0 Å². The number of aromatic hydroxyl groups is 2. The number of benzene rings is 2. The zero-order valence-electron chi connectivity index (χ0n) is 11.7. The zero-order chi connectivity index (χ0) is 15.6. The number of nitrogens with zero attached hydrogens (tertiary/aromatic N) is 1. The maximum Gasteiger partial charge on any atom is 0.257 e. The minimum atomic E-state index is -0.781. The first kappa shape index (κ1) is 14.8. The molecule has 0 aromatic heterocycles. The van der Waals surface area contributed by atoms with Gasteiger partial charge in [-0.3, -0.25) is 4.79 Å². The molecule has 2 aromatic rings. The Bertz CT molecular complexity index is 672. The number of amides is 1. The summed E-state index contributed by atoms with van der Waals surface area (Å²) in [4.78, 5) is 13.7. The quantitative estimate of drug-likeness (QED) is 0.913. The highest BCUT2D eigenvalue weighted by atomic mass is 19.1. The number of carbonyl (C=O) groups is 1. The molecule has 1 atom stereocenters. The Morgan fingerprint density at radius 3 is 2.48 bits per heavy atom. The van der Waals surface area contributed by atoms with Crippen molar-refractivity contribution in [2.45, 2.75) is 13.0 Å². The van der Waals surface area contributed by atoms with Gasteiger partial charge in [-0.15, -0.1) is 0 Å². The SMILES string of the molecule is CC(c1ccccc1O)N(C)C(=O)c1ccc(O)cc1F. The normalized spacial score (nSPS) is 12.0. The highest BCUT2D eigenvalue weighted by Gasteiger charge is 2.23. The number of hydrogen-bond donors (Lipinski definition) is 2. The van der Waals surface area contributed by atoms with E-state index in [0.717, 1.165) is 6.07 Å². The van der Waals surface area contributed by atoms with Gasteiger partial charge in [0.25, 0.3) is 5.91 Å². The molecule has 0 bridgehead atoms. The van der Waals surface area contributed by atoms with E-state index in [1.54, 1.807) is 25.1 Å². The van der Waals surface area contributed by atoms with Crippen molar-refractivity contribution in [1.82, 2.24) is 4.90 Å². The van der Waals surface area contributed by atoms with Crippen LogP contribution in [0.2, 0.25) is 0 Å². The maximum absolute atomic E-state index is 13.7. The molecule has 0 aliphatic heterocycles. The molecule has 21 heavy (non-hydrogen) atoms. The lowest BCUT2D eigenvalue weighted by molar-refractivity contribution is 0.0736. The summed E-state index contributed by atoms with van der Waals surface area (Å²) >= 11 is 0. The van der Waals surface area contributed by atoms with Gasteiger partial charge in [-0.1, -0.05) is 18.2 Å². The first-order valence-electron chi connectivity index (χ1n) is 6.45. The average molecular weight is 289 g/mol. The minimum absolute atomic E-state index is 0.0795. The number of rotatable bonds is 3. The molecule has 4 nitrogen and oxygen atoms in total. The van der Waals surface area contributed by atoms with Crippen LogP contribution < -0.4 is 0 Å². The molecule has 2 N–H and O–H groups in total. The molecular weight excluding hydrogens is 273 g/mol. The summed E-state index contributed by atoms with van der Waals surface area (Å²) in [5, 5.41) is 19.0. The van der Waals surface area contributed by atoms with E-state index in [9.17, 15) is 19.4 Å². The third-order valence-corrected chi connectivity index (χ3v) is 3.47. The van der Waals surface area contributed by atoms with Gasteiger partial charge in [0.1, 0.15) is 17.3 Å². The van der Waals surface area contributed by atoms with Crippen molar-refractivity contribution >= 4 is 5.91 Å². The second kappa shape index (κ2) is 5.83. The van der Waals surface area contributed by atoms with Crippen molar-refractivity contribution in [2.75, 3.05) is 7.05 Å². The molecule has 0 heterocycles. The van der Waals surface area contributed by atoms with Gasteiger partial charge in [0.15, 0.2) is 0 Å². The van der Waals surface area contributed by atoms with E-state index in [-0.39, 0.29) is 17.1 Å². The lowest BCUT2D eigenvalue weighted by Crippen LogP contribution is -2.30. The van der Waals surface area contributed by atoms with Crippen molar-refractivity contribution in [3.63, 3.8) is 0 Å². The van der Waals surface area contributed by atoms with Crippen LogP contribution in [-0.4, -0.2) is 28.1 Å². The standard InChI is InChI=1S/C16H16FNO3/c1-10(12-5-3-4-6-15(12)20)18(2)16(21)13-8-7-11(19)9-14(13)17/h3-10,19-20H,1-2H3. The molecule has 1 amide bonds. The van der Waals surface area contributed by atoms with Gasteiger partial charge in [-0.2, -0.15) is 0 Å². The summed E-state index contributed by atoms with van der Waals surface area (Å²) in [7, 11) is 1.53. The Kier molecular flexibility index (Phi) is 4.12. The fraction of sp³-hybridized carbons (Fsp3) is 0.188. The fourth-order valence-electron chi connectivity index (χ4n) is 2.09. The van der Waals surface area contributed by atoms with Crippen molar-refractivity contribution in [3.8, 4) is 11.5 Å². The van der Waals surface area contributed by atoms with Crippen LogP contribution in [0.1, 0.15) is 28.9 Å². The molecule has 0 saturated heterocycles. The molecule has 5 heteroatoms. The summed E-state index contributed by atoms with van der Waals surface area (Å²) in [6.07, 6.45) is 0. The lowest BCUT2D eigenvalue weighted by Gasteiger charge is -2.26. The number of carbonyl (C=O) groups excluding carboxylic acids is 1. The van der Waals surface area contributed by atoms with Crippen LogP contribution in [-0.2, 0) is 0 Å². The van der Waals surface area contributed by atoms with E-state index in [2.05, 4.69) is 0 Å². The minimum Gasteiger partial charge on any atom is -0.508 e. The van der Waals surface area contributed by atoms with Crippen LogP contribution in [0.15, 0.2) is 42.5 Å². The van der Waals surface area contributed by atoms with E-state index < -0.39 is 17.8 Å². The lowest BCUT2D eigenvalue weighted by atomic mass is 10.0. The molecule has 0 spiro atoms. The van der Waals surface area contributed by atoms with Crippen molar-refractivity contribution < 1.29 is 19.4 Å². The third-order valence-electron chi connectivity index (χ3n) is 3.47. The van der Waals surface area contributed by atoms with Crippen molar-refractivity contribution in [3.05, 3.63) is 59.4 Å². The second-order valence-electron chi connectivity index (χ2n) is 4.81. The number of phenolic OH excluding ortho intramolecular Hbond substituents is 2. The molecular formula is C16H16FNO3. The molecule has 0 saturated carbocycles. The molecule has 0 aliphatic rings. The van der Waals surface area contributed by atoms with Crippen LogP contribution in [0.4, 0.5) is 4.39 Å². The van der Waals surface area contributed by atoms with Crippen molar-refractivity contribution in [2.24, 2.45) is 0 Å². The first-order valence-corrected chi connectivity index (χ1v) is 6.45. The molecule has 2 aromatic carbocycles. The molecule has 0 aliphatic carbocycles. The third kappa shape index (κ3) is 2.97. The Hall–Kier alpha value is -2.56. The van der Waals surface area contributed by atoms with Gasteiger partial charge in [0.2, 0.25) is 0 Å². The zero-order valence-corrected chi connectivity index (χ0v) is 11.7. The highest BCUT2D eigenvalue weighted by molar-refractivity contribution is 5.94. The number of para-hydroxylation sites is 1. The van der Waals surface area contributed by atoms with Crippen LogP contribution in [0, 0.1) is 5.82 Å². The summed E-state index contributed by atoms with van der Waals surface area (Å²) in [5.74, 6) is -1.46. The van der Waals surface area contributed by atoms with Gasteiger partial charge in [0, 0.05) is 18.7 Å². The monoisotopic (exact) mass is 289 g/mol. The maximum atomic E-state index is 13.7. The van der Waals surface area contributed by atoms with Gasteiger partial charge >= 0.3 is 0 Å². The van der Waals surface area contributed by atoms with Gasteiger partial charge < -0.3 is 15.1 Å². The molecule has 110 valence electrons. The number of hydrogen-bond acceptors (Lipinski definition) is 3. The van der Waals surface area contributed by atoms with Gasteiger partial charge in [-0.25, -0.2) is 4.39 Å². The summed E-state index contributed by atoms with van der Waals surface area (Å²) in [5.41, 5.74) is 0.449. The largest absolute Gasteiger partial charge is 0.508 e.